The zero-order chi connectivity index (χ0) is 19.1. The van der Waals surface area contributed by atoms with Gasteiger partial charge in [-0.25, -0.2) is 0 Å². The third kappa shape index (κ3) is 5.05. The molecule has 140 valence electrons. The van der Waals surface area contributed by atoms with E-state index in [1.165, 1.54) is 4.88 Å². The maximum absolute atomic E-state index is 12.7. The zero-order valence-electron chi connectivity index (χ0n) is 15.2. The van der Waals surface area contributed by atoms with Gasteiger partial charge in [0, 0.05) is 33.7 Å². The topological polar surface area (TPSA) is 47.6 Å². The molecule has 0 saturated carbocycles. The standard InChI is InChI=1S/C21H21NO3S2/c1-24-16-10-9-15(19(12-16)25-2)13-22-21(23)18-7-3-4-8-20(18)27-14-17-6-5-11-26-17/h3-12H,13-14H2,1-2H3,(H,22,23). The number of carbonyl (C=O) groups is 1. The summed E-state index contributed by atoms with van der Waals surface area (Å²) >= 11 is 3.40. The Morgan fingerprint density at radius 1 is 1.07 bits per heavy atom. The fraction of sp³-hybridized carbons (Fsp3) is 0.190. The third-order valence-electron chi connectivity index (χ3n) is 4.02. The summed E-state index contributed by atoms with van der Waals surface area (Å²) in [5.41, 5.74) is 1.59. The van der Waals surface area contributed by atoms with E-state index in [-0.39, 0.29) is 5.91 Å². The number of hydrogen-bond acceptors (Lipinski definition) is 5. The molecule has 0 saturated heterocycles. The molecule has 0 unspecified atom stereocenters. The van der Waals surface area contributed by atoms with E-state index in [9.17, 15) is 4.79 Å². The molecule has 0 atom stereocenters. The molecule has 1 N–H and O–H groups in total. The van der Waals surface area contributed by atoms with Crippen molar-refractivity contribution >= 4 is 29.0 Å². The smallest absolute Gasteiger partial charge is 0.252 e. The molecular weight excluding hydrogens is 378 g/mol. The lowest BCUT2D eigenvalue weighted by atomic mass is 10.1. The number of carbonyl (C=O) groups excluding carboxylic acids is 1. The molecule has 0 fully saturated rings. The van der Waals surface area contributed by atoms with Gasteiger partial charge >= 0.3 is 0 Å². The van der Waals surface area contributed by atoms with Crippen LogP contribution in [-0.2, 0) is 12.3 Å². The average Bonchev–Trinajstić information content (AvgIpc) is 3.24. The average molecular weight is 400 g/mol. The van der Waals surface area contributed by atoms with Crippen LogP contribution in [0.3, 0.4) is 0 Å². The van der Waals surface area contributed by atoms with Gasteiger partial charge in [0.25, 0.3) is 5.91 Å². The molecule has 3 rings (SSSR count). The summed E-state index contributed by atoms with van der Waals surface area (Å²) in [5, 5.41) is 5.06. The van der Waals surface area contributed by atoms with Crippen molar-refractivity contribution in [2.45, 2.75) is 17.2 Å². The van der Waals surface area contributed by atoms with Gasteiger partial charge in [0.15, 0.2) is 0 Å². The first kappa shape index (κ1) is 19.3. The highest BCUT2D eigenvalue weighted by atomic mass is 32.2. The monoisotopic (exact) mass is 399 g/mol. The minimum atomic E-state index is -0.0952. The van der Waals surface area contributed by atoms with Crippen molar-refractivity contribution < 1.29 is 14.3 Å². The Morgan fingerprint density at radius 2 is 1.93 bits per heavy atom. The van der Waals surface area contributed by atoms with E-state index in [1.54, 1.807) is 37.3 Å². The number of methoxy groups -OCH3 is 2. The van der Waals surface area contributed by atoms with Crippen LogP contribution in [0.4, 0.5) is 0 Å². The second-order valence-electron chi connectivity index (χ2n) is 5.72. The van der Waals surface area contributed by atoms with Crippen molar-refractivity contribution in [3.05, 3.63) is 76.0 Å². The summed E-state index contributed by atoms with van der Waals surface area (Å²) in [6, 6.07) is 17.4. The lowest BCUT2D eigenvalue weighted by Gasteiger charge is -2.13. The van der Waals surface area contributed by atoms with Crippen molar-refractivity contribution in [3.8, 4) is 11.5 Å². The largest absolute Gasteiger partial charge is 0.497 e. The number of amides is 1. The highest BCUT2D eigenvalue weighted by Gasteiger charge is 2.13. The number of benzene rings is 2. The molecule has 0 spiro atoms. The molecule has 3 aromatic rings. The molecule has 6 heteroatoms. The van der Waals surface area contributed by atoms with Crippen molar-refractivity contribution in [1.29, 1.82) is 0 Å². The molecule has 1 heterocycles. The van der Waals surface area contributed by atoms with Crippen molar-refractivity contribution in [2.24, 2.45) is 0 Å². The summed E-state index contributed by atoms with van der Waals surface area (Å²) in [4.78, 5) is 15.0. The van der Waals surface area contributed by atoms with Crippen LogP contribution in [0.25, 0.3) is 0 Å². The van der Waals surface area contributed by atoms with Crippen molar-refractivity contribution in [3.63, 3.8) is 0 Å². The number of nitrogens with one attached hydrogen (secondary N) is 1. The summed E-state index contributed by atoms with van der Waals surface area (Å²) in [6.45, 7) is 0.385. The van der Waals surface area contributed by atoms with E-state index < -0.39 is 0 Å². The first-order chi connectivity index (χ1) is 13.2. The van der Waals surface area contributed by atoms with Gasteiger partial charge < -0.3 is 14.8 Å². The molecule has 0 aliphatic heterocycles. The fourth-order valence-corrected chi connectivity index (χ4v) is 4.42. The minimum absolute atomic E-state index is 0.0952. The van der Waals surface area contributed by atoms with E-state index in [0.717, 1.165) is 22.0 Å². The van der Waals surface area contributed by atoms with Crippen LogP contribution in [0.15, 0.2) is 64.9 Å². The molecule has 0 bridgehead atoms. The molecular formula is C21H21NO3S2. The quantitative estimate of drug-likeness (QED) is 0.542. The summed E-state index contributed by atoms with van der Waals surface area (Å²) in [5.74, 6) is 2.17. The second kappa shape index (κ2) is 9.48. The molecule has 27 heavy (non-hydrogen) atoms. The first-order valence-electron chi connectivity index (χ1n) is 8.44. The molecule has 0 radical (unpaired) electrons. The molecule has 2 aromatic carbocycles. The Bertz CT molecular complexity index is 894. The van der Waals surface area contributed by atoms with Crippen LogP contribution in [0.2, 0.25) is 0 Å². The second-order valence-corrected chi connectivity index (χ2v) is 7.77. The Kier molecular flexibility index (Phi) is 6.79. The van der Waals surface area contributed by atoms with Gasteiger partial charge in [-0.05, 0) is 35.7 Å². The highest BCUT2D eigenvalue weighted by Crippen LogP contribution is 2.28. The Morgan fingerprint density at radius 3 is 2.67 bits per heavy atom. The molecule has 4 nitrogen and oxygen atoms in total. The van der Waals surface area contributed by atoms with Crippen LogP contribution in [-0.4, -0.2) is 20.1 Å². The Labute approximate surface area is 167 Å². The number of ether oxygens (including phenoxy) is 2. The van der Waals surface area contributed by atoms with Crippen molar-refractivity contribution in [1.82, 2.24) is 5.32 Å². The van der Waals surface area contributed by atoms with E-state index in [0.29, 0.717) is 17.9 Å². The van der Waals surface area contributed by atoms with Gasteiger partial charge in [-0.2, -0.15) is 0 Å². The van der Waals surface area contributed by atoms with Crippen LogP contribution < -0.4 is 14.8 Å². The first-order valence-corrected chi connectivity index (χ1v) is 10.3. The van der Waals surface area contributed by atoms with E-state index in [4.69, 9.17) is 9.47 Å². The maximum Gasteiger partial charge on any atom is 0.252 e. The van der Waals surface area contributed by atoms with Crippen LogP contribution >= 0.6 is 23.1 Å². The highest BCUT2D eigenvalue weighted by molar-refractivity contribution is 7.98. The number of thiophene rings is 1. The van der Waals surface area contributed by atoms with Gasteiger partial charge in [0.1, 0.15) is 11.5 Å². The molecule has 0 aliphatic rings. The Balaban J connectivity index is 1.68. The third-order valence-corrected chi connectivity index (χ3v) is 6.20. The predicted octanol–water partition coefficient (Wildman–Crippen LogP) is 4.99. The van der Waals surface area contributed by atoms with E-state index in [2.05, 4.69) is 16.8 Å². The van der Waals surface area contributed by atoms with Crippen LogP contribution in [0.1, 0.15) is 20.8 Å². The summed E-state index contributed by atoms with van der Waals surface area (Å²) in [7, 11) is 3.22. The van der Waals surface area contributed by atoms with Gasteiger partial charge in [-0.15, -0.1) is 23.1 Å². The molecule has 0 aliphatic carbocycles. The normalized spacial score (nSPS) is 10.4. The molecule has 1 amide bonds. The van der Waals surface area contributed by atoms with Crippen LogP contribution in [0.5, 0.6) is 11.5 Å². The van der Waals surface area contributed by atoms with Gasteiger partial charge in [-0.3, -0.25) is 4.79 Å². The SMILES string of the molecule is COc1ccc(CNC(=O)c2ccccc2SCc2cccs2)c(OC)c1. The number of hydrogen-bond donors (Lipinski definition) is 1. The number of thioether (sulfide) groups is 1. The predicted molar refractivity (Wildman–Crippen MR) is 111 cm³/mol. The zero-order valence-corrected chi connectivity index (χ0v) is 16.9. The van der Waals surface area contributed by atoms with E-state index >= 15 is 0 Å². The van der Waals surface area contributed by atoms with Gasteiger partial charge in [0.2, 0.25) is 0 Å². The fourth-order valence-electron chi connectivity index (χ4n) is 2.59. The van der Waals surface area contributed by atoms with E-state index in [1.807, 2.05) is 48.5 Å². The maximum atomic E-state index is 12.7. The lowest BCUT2D eigenvalue weighted by Crippen LogP contribution is -2.23. The Hall–Kier alpha value is -2.44. The minimum Gasteiger partial charge on any atom is -0.497 e. The van der Waals surface area contributed by atoms with Gasteiger partial charge in [0.05, 0.1) is 19.8 Å². The summed E-state index contributed by atoms with van der Waals surface area (Å²) < 4.78 is 10.6. The van der Waals surface area contributed by atoms with Gasteiger partial charge in [-0.1, -0.05) is 18.2 Å². The number of rotatable bonds is 8. The summed E-state index contributed by atoms with van der Waals surface area (Å²) in [6.07, 6.45) is 0. The van der Waals surface area contributed by atoms with Crippen molar-refractivity contribution in [2.75, 3.05) is 14.2 Å². The lowest BCUT2D eigenvalue weighted by molar-refractivity contribution is 0.0947. The van der Waals surface area contributed by atoms with Crippen LogP contribution in [0, 0.1) is 0 Å². The molecule has 1 aromatic heterocycles.